The van der Waals surface area contributed by atoms with Crippen molar-refractivity contribution in [3.05, 3.63) is 35.4 Å². The molecule has 0 N–H and O–H groups in total. The second-order valence-corrected chi connectivity index (χ2v) is 5.97. The molecule has 1 aromatic rings. The van der Waals surface area contributed by atoms with Crippen molar-refractivity contribution < 1.29 is 24.0 Å². The fourth-order valence-corrected chi connectivity index (χ4v) is 3.66. The first-order valence-electron chi connectivity index (χ1n) is 7.48. The van der Waals surface area contributed by atoms with Crippen LogP contribution in [0.5, 0.6) is 0 Å². The maximum atomic E-state index is 12.3. The Hall–Kier alpha value is -2.21. The summed E-state index contributed by atoms with van der Waals surface area (Å²) in [6.45, 7) is 0.548. The normalized spacial score (nSPS) is 29.6. The van der Waals surface area contributed by atoms with Crippen molar-refractivity contribution in [2.24, 2.45) is 11.8 Å². The van der Waals surface area contributed by atoms with Crippen LogP contribution in [0.4, 0.5) is 0 Å². The minimum absolute atomic E-state index is 0.141. The molecule has 0 unspecified atom stereocenters. The predicted molar refractivity (Wildman–Crippen MR) is 73.6 cm³/mol. The molecule has 0 spiro atoms. The number of hydroxylamine groups is 2. The summed E-state index contributed by atoms with van der Waals surface area (Å²) < 4.78 is 5.52. The Bertz CT molecular complexity index is 635. The first kappa shape index (κ1) is 13.5. The highest BCUT2D eigenvalue weighted by Crippen LogP contribution is 2.41. The van der Waals surface area contributed by atoms with E-state index in [1.54, 1.807) is 24.3 Å². The van der Waals surface area contributed by atoms with Crippen LogP contribution in [-0.2, 0) is 14.4 Å². The molecule has 0 aromatic heterocycles. The summed E-state index contributed by atoms with van der Waals surface area (Å²) in [5.74, 6) is -1.32. The topological polar surface area (TPSA) is 72.9 Å². The van der Waals surface area contributed by atoms with Gasteiger partial charge in [-0.15, -0.1) is 0 Å². The number of fused-ring (bicyclic) bond motifs is 2. The van der Waals surface area contributed by atoms with Crippen LogP contribution in [0, 0.1) is 11.8 Å². The molecular formula is C16H15NO5. The minimum Gasteiger partial charge on any atom is -0.366 e. The van der Waals surface area contributed by atoms with Gasteiger partial charge in [0.05, 0.1) is 17.7 Å². The van der Waals surface area contributed by atoms with E-state index in [2.05, 4.69) is 0 Å². The van der Waals surface area contributed by atoms with E-state index in [1.165, 1.54) is 0 Å². The Kier molecular flexibility index (Phi) is 3.00. The van der Waals surface area contributed by atoms with Crippen LogP contribution >= 0.6 is 0 Å². The quantitative estimate of drug-likeness (QED) is 0.775. The molecule has 0 bridgehead atoms. The summed E-state index contributed by atoms with van der Waals surface area (Å²) >= 11 is 0. The molecule has 1 saturated carbocycles. The Labute approximate surface area is 126 Å². The Morgan fingerprint density at radius 1 is 1.14 bits per heavy atom. The van der Waals surface area contributed by atoms with Crippen molar-refractivity contribution in [2.75, 3.05) is 6.61 Å². The second kappa shape index (κ2) is 4.91. The van der Waals surface area contributed by atoms with E-state index in [9.17, 15) is 14.4 Å². The molecule has 4 rings (SSSR count). The first-order valence-corrected chi connectivity index (χ1v) is 7.48. The van der Waals surface area contributed by atoms with Crippen molar-refractivity contribution in [1.82, 2.24) is 5.06 Å². The maximum Gasteiger partial charge on any atom is 0.361 e. The van der Waals surface area contributed by atoms with Crippen molar-refractivity contribution in [1.29, 1.82) is 0 Å². The summed E-state index contributed by atoms with van der Waals surface area (Å²) in [4.78, 5) is 41.7. The highest BCUT2D eigenvalue weighted by molar-refractivity contribution is 6.20. The fraction of sp³-hybridized carbons (Fsp3) is 0.438. The van der Waals surface area contributed by atoms with Crippen LogP contribution in [0.2, 0.25) is 0 Å². The van der Waals surface area contributed by atoms with E-state index in [1.807, 2.05) is 0 Å². The van der Waals surface area contributed by atoms with Gasteiger partial charge in [-0.2, -0.15) is 0 Å². The molecule has 2 aliphatic heterocycles. The SMILES string of the molecule is O=C(ON1C(=O)c2ccccc2C1=O)[C@H]1OC[C@H]2CCC[C@H]21. The summed E-state index contributed by atoms with van der Waals surface area (Å²) in [7, 11) is 0. The third-order valence-corrected chi connectivity index (χ3v) is 4.77. The summed E-state index contributed by atoms with van der Waals surface area (Å²) in [6, 6.07) is 6.42. The molecular weight excluding hydrogens is 286 g/mol. The van der Waals surface area contributed by atoms with Crippen molar-refractivity contribution >= 4 is 17.8 Å². The molecule has 2 heterocycles. The average molecular weight is 301 g/mol. The van der Waals surface area contributed by atoms with Gasteiger partial charge >= 0.3 is 5.97 Å². The van der Waals surface area contributed by atoms with Crippen LogP contribution in [-0.4, -0.2) is 35.6 Å². The molecule has 2 amide bonds. The van der Waals surface area contributed by atoms with Gasteiger partial charge in [0.2, 0.25) is 0 Å². The second-order valence-electron chi connectivity index (χ2n) is 5.97. The van der Waals surface area contributed by atoms with Crippen LogP contribution in [0.25, 0.3) is 0 Å². The summed E-state index contributed by atoms with van der Waals surface area (Å²) in [6.07, 6.45) is 2.39. The van der Waals surface area contributed by atoms with E-state index >= 15 is 0 Å². The molecule has 1 saturated heterocycles. The molecule has 6 nitrogen and oxygen atoms in total. The van der Waals surface area contributed by atoms with Gasteiger partial charge in [-0.3, -0.25) is 9.59 Å². The number of nitrogens with zero attached hydrogens (tertiary/aromatic N) is 1. The summed E-state index contributed by atoms with van der Waals surface area (Å²) in [5.41, 5.74) is 0.512. The number of ether oxygens (including phenoxy) is 1. The highest BCUT2D eigenvalue weighted by Gasteiger charge is 2.47. The molecule has 1 aromatic carbocycles. The van der Waals surface area contributed by atoms with Gasteiger partial charge in [-0.1, -0.05) is 23.6 Å². The molecule has 114 valence electrons. The van der Waals surface area contributed by atoms with E-state index in [0.717, 1.165) is 19.3 Å². The number of hydrogen-bond acceptors (Lipinski definition) is 5. The van der Waals surface area contributed by atoms with E-state index in [4.69, 9.17) is 9.57 Å². The zero-order chi connectivity index (χ0) is 15.3. The largest absolute Gasteiger partial charge is 0.366 e. The Morgan fingerprint density at radius 3 is 2.50 bits per heavy atom. The first-order chi connectivity index (χ1) is 10.7. The molecule has 3 atom stereocenters. The number of carbonyl (C=O) groups is 3. The molecule has 1 aliphatic carbocycles. The van der Waals surface area contributed by atoms with Gasteiger partial charge in [-0.05, 0) is 30.9 Å². The van der Waals surface area contributed by atoms with Gasteiger partial charge in [0.25, 0.3) is 11.8 Å². The van der Waals surface area contributed by atoms with Crippen molar-refractivity contribution in [3.8, 4) is 0 Å². The van der Waals surface area contributed by atoms with Crippen LogP contribution < -0.4 is 0 Å². The lowest BCUT2D eigenvalue weighted by molar-refractivity contribution is -0.181. The Morgan fingerprint density at radius 2 is 1.82 bits per heavy atom. The highest BCUT2D eigenvalue weighted by atomic mass is 16.7. The number of hydrogen-bond donors (Lipinski definition) is 0. The Balaban J connectivity index is 1.51. The van der Waals surface area contributed by atoms with Crippen molar-refractivity contribution in [3.63, 3.8) is 0 Å². The third-order valence-electron chi connectivity index (χ3n) is 4.77. The van der Waals surface area contributed by atoms with Gasteiger partial charge < -0.3 is 9.57 Å². The van der Waals surface area contributed by atoms with Gasteiger partial charge in [0, 0.05) is 5.92 Å². The predicted octanol–water partition coefficient (Wildman–Crippen LogP) is 1.56. The lowest BCUT2D eigenvalue weighted by atomic mass is 9.94. The van der Waals surface area contributed by atoms with Crippen LogP contribution in [0.1, 0.15) is 40.0 Å². The third kappa shape index (κ3) is 1.87. The fourth-order valence-electron chi connectivity index (χ4n) is 3.66. The maximum absolute atomic E-state index is 12.3. The van der Waals surface area contributed by atoms with Gasteiger partial charge in [0.1, 0.15) is 0 Å². The molecule has 3 aliphatic rings. The zero-order valence-electron chi connectivity index (χ0n) is 11.9. The monoisotopic (exact) mass is 301 g/mol. The lowest BCUT2D eigenvalue weighted by Crippen LogP contribution is -2.38. The number of carbonyl (C=O) groups excluding carboxylic acids is 3. The minimum atomic E-state index is -0.670. The van der Waals surface area contributed by atoms with Crippen LogP contribution in [0.15, 0.2) is 24.3 Å². The van der Waals surface area contributed by atoms with E-state index in [-0.39, 0.29) is 17.0 Å². The molecule has 22 heavy (non-hydrogen) atoms. The number of rotatable bonds is 2. The molecule has 6 heteroatoms. The number of imide groups is 1. The number of amides is 2. The average Bonchev–Trinajstić information content (AvgIpc) is 3.18. The number of benzene rings is 1. The van der Waals surface area contributed by atoms with E-state index < -0.39 is 23.9 Å². The van der Waals surface area contributed by atoms with Crippen LogP contribution in [0.3, 0.4) is 0 Å². The molecule has 2 fully saturated rings. The van der Waals surface area contributed by atoms with Gasteiger partial charge in [0.15, 0.2) is 6.10 Å². The van der Waals surface area contributed by atoms with E-state index in [0.29, 0.717) is 17.6 Å². The smallest absolute Gasteiger partial charge is 0.361 e. The molecule has 0 radical (unpaired) electrons. The zero-order valence-corrected chi connectivity index (χ0v) is 11.9. The summed E-state index contributed by atoms with van der Waals surface area (Å²) in [5, 5.41) is 0.554. The standard InChI is InChI=1S/C16H15NO5/c18-14-11-5-1-2-6-12(11)15(19)17(14)22-16(20)13-10-7-3-4-9(10)8-21-13/h1-2,5-6,9-10,13H,3-4,7-8H2/t9-,10-,13+/m1/s1. The van der Waals surface area contributed by atoms with Gasteiger partial charge in [-0.25, -0.2) is 4.79 Å². The van der Waals surface area contributed by atoms with Crippen molar-refractivity contribution in [2.45, 2.75) is 25.4 Å². The lowest BCUT2D eigenvalue weighted by Gasteiger charge is -2.18.